The Morgan fingerprint density at radius 2 is 1.67 bits per heavy atom. The monoisotopic (exact) mass is 346 g/mol. The summed E-state index contributed by atoms with van der Waals surface area (Å²) in [6.07, 6.45) is 2.75. The van der Waals surface area contributed by atoms with Gasteiger partial charge in [-0.25, -0.2) is 22.7 Å². The Balaban J connectivity index is 1.92. The van der Waals surface area contributed by atoms with E-state index in [0.717, 1.165) is 4.31 Å². The van der Waals surface area contributed by atoms with Crippen LogP contribution in [-0.4, -0.2) is 31.1 Å². The first-order chi connectivity index (χ1) is 11.6. The second-order valence-corrected chi connectivity index (χ2v) is 6.74. The van der Waals surface area contributed by atoms with Crippen LogP contribution in [0, 0.1) is 0 Å². The summed E-state index contributed by atoms with van der Waals surface area (Å²) >= 11 is 0. The molecule has 2 heterocycles. The van der Waals surface area contributed by atoms with Crippen LogP contribution in [0.3, 0.4) is 0 Å². The summed E-state index contributed by atoms with van der Waals surface area (Å²) in [7, 11) is -3.85. The van der Waals surface area contributed by atoms with E-state index in [1.165, 1.54) is 36.7 Å². The Kier molecular flexibility index (Phi) is 4.42. The van der Waals surface area contributed by atoms with Gasteiger partial charge in [-0.3, -0.25) is 0 Å². The minimum atomic E-state index is -3.85. The molecule has 1 aliphatic heterocycles. The number of aromatic nitrogens is 2. The molecule has 2 N–H and O–H groups in total. The van der Waals surface area contributed by atoms with Gasteiger partial charge in [0, 0.05) is 31.0 Å². The van der Waals surface area contributed by atoms with Gasteiger partial charge < -0.3 is 5.73 Å². The van der Waals surface area contributed by atoms with Gasteiger partial charge >= 0.3 is 0 Å². The molecule has 0 saturated heterocycles. The lowest BCUT2D eigenvalue weighted by Gasteiger charge is -2.22. The molecule has 0 unspecified atom stereocenters. The van der Waals surface area contributed by atoms with Crippen LogP contribution in [0.1, 0.15) is 6.42 Å². The zero-order chi connectivity index (χ0) is 17.0. The molecule has 2 aromatic rings. The van der Waals surface area contributed by atoms with Crippen molar-refractivity contribution in [1.29, 1.82) is 0 Å². The fraction of sp³-hybridized carbons (Fsp3) is 0.231. The second kappa shape index (κ2) is 6.66. The van der Waals surface area contributed by atoms with Crippen molar-refractivity contribution >= 4 is 21.7 Å². The molecule has 24 heavy (non-hydrogen) atoms. The number of nitrogen functional groups attached to an aromatic ring is 1. The molecule has 1 aromatic heterocycles. The van der Waals surface area contributed by atoms with Crippen LogP contribution in [0.5, 0.6) is 0 Å². The first-order valence-electron chi connectivity index (χ1n) is 7.02. The van der Waals surface area contributed by atoms with Crippen molar-refractivity contribution in [2.45, 2.75) is 17.5 Å². The van der Waals surface area contributed by atoms with Crippen molar-refractivity contribution in [2.24, 2.45) is 20.7 Å². The number of anilines is 2. The average molecular weight is 346 g/mol. The summed E-state index contributed by atoms with van der Waals surface area (Å²) < 4.78 is 27.0. The van der Waals surface area contributed by atoms with Gasteiger partial charge in [-0.05, 0) is 40.8 Å². The normalized spacial score (nSPS) is 14.2. The highest BCUT2D eigenvalue weighted by Gasteiger charge is 2.28. The smallest absolute Gasteiger partial charge is 0.266 e. The zero-order valence-corrected chi connectivity index (χ0v) is 13.3. The number of nitrogens with two attached hydrogens (primary N) is 1. The molecule has 0 bridgehead atoms. The van der Waals surface area contributed by atoms with E-state index in [2.05, 4.69) is 30.6 Å². The number of hydrogen-bond acceptors (Lipinski definition) is 9. The van der Waals surface area contributed by atoms with Crippen LogP contribution in [0.4, 0.5) is 11.6 Å². The fourth-order valence-corrected chi connectivity index (χ4v) is 3.44. The summed E-state index contributed by atoms with van der Waals surface area (Å²) in [5.74, 6) is 0.0706. The Bertz CT molecular complexity index is 839. The minimum absolute atomic E-state index is 0.0706. The van der Waals surface area contributed by atoms with E-state index in [1.54, 1.807) is 6.07 Å². The second-order valence-electron chi connectivity index (χ2n) is 4.87. The van der Waals surface area contributed by atoms with E-state index in [-0.39, 0.29) is 17.4 Å². The molecule has 0 saturated carbocycles. The molecule has 11 heteroatoms. The van der Waals surface area contributed by atoms with Gasteiger partial charge in [0.15, 0.2) is 6.17 Å². The number of benzene rings is 1. The van der Waals surface area contributed by atoms with Gasteiger partial charge in [0.05, 0.1) is 4.90 Å². The maximum atomic E-state index is 12.9. The predicted octanol–water partition coefficient (Wildman–Crippen LogP) is 1.80. The third-order valence-corrected chi connectivity index (χ3v) is 5.04. The van der Waals surface area contributed by atoms with Gasteiger partial charge in [0.1, 0.15) is 0 Å². The summed E-state index contributed by atoms with van der Waals surface area (Å²) in [5.41, 5.74) is 6.10. The maximum Gasteiger partial charge on any atom is 0.266 e. The highest BCUT2D eigenvalue weighted by Crippen LogP contribution is 2.22. The number of rotatable bonds is 6. The highest BCUT2D eigenvalue weighted by atomic mass is 32.2. The first kappa shape index (κ1) is 15.9. The van der Waals surface area contributed by atoms with Gasteiger partial charge in [-0.1, -0.05) is 0 Å². The lowest BCUT2D eigenvalue weighted by Crippen LogP contribution is -2.34. The minimum Gasteiger partial charge on any atom is -0.399 e. The SMILES string of the molecule is Nc1ccc(S(=O)(=O)N(CCC2N=NN=N2)c2ncccn2)cc1. The molecule has 124 valence electrons. The molecule has 3 rings (SSSR count). The molecule has 1 aromatic carbocycles. The van der Waals surface area contributed by atoms with Gasteiger partial charge in [-0.15, -0.1) is 10.2 Å². The number of hydrogen-bond donors (Lipinski definition) is 1. The Hall–Kier alpha value is -2.95. The molecule has 0 amide bonds. The highest BCUT2D eigenvalue weighted by molar-refractivity contribution is 7.92. The third-order valence-electron chi connectivity index (χ3n) is 3.24. The third kappa shape index (κ3) is 3.35. The number of nitrogens with zero attached hydrogens (tertiary/aromatic N) is 7. The predicted molar refractivity (Wildman–Crippen MR) is 85.5 cm³/mol. The standard InChI is InChI=1S/C13H14N8O2S/c14-10-2-4-11(5-3-10)24(22,23)21(13-15-7-1-8-16-13)9-6-12-17-19-20-18-12/h1-5,7-8,12H,6,9,14H2. The van der Waals surface area contributed by atoms with Crippen molar-refractivity contribution in [1.82, 2.24) is 9.97 Å². The van der Waals surface area contributed by atoms with Crippen LogP contribution < -0.4 is 10.0 Å². The molecule has 1 aliphatic rings. The Morgan fingerprint density at radius 3 is 2.29 bits per heavy atom. The van der Waals surface area contributed by atoms with Crippen molar-refractivity contribution in [3.05, 3.63) is 42.7 Å². The Labute approximate surface area is 138 Å². The largest absolute Gasteiger partial charge is 0.399 e. The van der Waals surface area contributed by atoms with Crippen molar-refractivity contribution < 1.29 is 8.42 Å². The van der Waals surface area contributed by atoms with E-state index in [9.17, 15) is 8.42 Å². The number of sulfonamides is 1. The molecule has 0 spiro atoms. The van der Waals surface area contributed by atoms with Gasteiger partial charge in [-0.2, -0.15) is 0 Å². The quantitative estimate of drug-likeness (QED) is 0.794. The van der Waals surface area contributed by atoms with E-state index >= 15 is 0 Å². The molecule has 10 nitrogen and oxygen atoms in total. The summed E-state index contributed by atoms with van der Waals surface area (Å²) in [6.45, 7) is 0.0828. The van der Waals surface area contributed by atoms with E-state index in [4.69, 9.17) is 5.73 Å². The summed E-state index contributed by atoms with van der Waals surface area (Å²) in [4.78, 5) is 8.17. The molecule has 0 atom stereocenters. The van der Waals surface area contributed by atoms with Crippen LogP contribution in [0.15, 0.2) is 68.3 Å². The van der Waals surface area contributed by atoms with Crippen LogP contribution in [-0.2, 0) is 10.0 Å². The molecular weight excluding hydrogens is 332 g/mol. The molecule has 0 radical (unpaired) electrons. The lowest BCUT2D eigenvalue weighted by atomic mass is 10.3. The van der Waals surface area contributed by atoms with Crippen LogP contribution >= 0.6 is 0 Å². The van der Waals surface area contributed by atoms with Crippen LogP contribution in [0.2, 0.25) is 0 Å². The van der Waals surface area contributed by atoms with Crippen LogP contribution in [0.25, 0.3) is 0 Å². The summed E-state index contributed by atoms with van der Waals surface area (Å²) in [6, 6.07) is 7.54. The summed E-state index contributed by atoms with van der Waals surface area (Å²) in [5, 5.41) is 14.4. The first-order valence-corrected chi connectivity index (χ1v) is 8.46. The van der Waals surface area contributed by atoms with Crippen molar-refractivity contribution in [2.75, 3.05) is 16.6 Å². The van der Waals surface area contributed by atoms with E-state index in [1.807, 2.05) is 0 Å². The Morgan fingerprint density at radius 1 is 1.04 bits per heavy atom. The lowest BCUT2D eigenvalue weighted by molar-refractivity contribution is 0.579. The zero-order valence-electron chi connectivity index (χ0n) is 12.5. The van der Waals surface area contributed by atoms with Crippen molar-refractivity contribution in [3.63, 3.8) is 0 Å². The fourth-order valence-electron chi connectivity index (χ4n) is 2.05. The average Bonchev–Trinajstić information content (AvgIpc) is 3.10. The van der Waals surface area contributed by atoms with E-state index < -0.39 is 16.2 Å². The van der Waals surface area contributed by atoms with E-state index in [0.29, 0.717) is 12.1 Å². The molecular formula is C13H14N8O2S. The topological polar surface area (TPSA) is 139 Å². The maximum absolute atomic E-state index is 12.9. The van der Waals surface area contributed by atoms with Crippen molar-refractivity contribution in [3.8, 4) is 0 Å². The molecule has 0 aliphatic carbocycles. The van der Waals surface area contributed by atoms with Gasteiger partial charge in [0.2, 0.25) is 5.95 Å². The molecule has 0 fully saturated rings. The van der Waals surface area contributed by atoms with Gasteiger partial charge in [0.25, 0.3) is 10.0 Å².